The summed E-state index contributed by atoms with van der Waals surface area (Å²) in [7, 11) is 1.45. The highest BCUT2D eigenvalue weighted by molar-refractivity contribution is 6.04. The van der Waals surface area contributed by atoms with E-state index in [-0.39, 0.29) is 11.4 Å². The Morgan fingerprint density at radius 2 is 2.05 bits per heavy atom. The van der Waals surface area contributed by atoms with Gasteiger partial charge in [-0.15, -0.1) is 0 Å². The summed E-state index contributed by atoms with van der Waals surface area (Å²) < 4.78 is 13.1. The van der Waals surface area contributed by atoms with Crippen LogP contribution in [0.2, 0.25) is 0 Å². The number of urea groups is 1. The zero-order valence-corrected chi connectivity index (χ0v) is 11.1. The number of carboxylic acids is 1. The number of halogens is 1. The molecule has 2 aromatic rings. The van der Waals surface area contributed by atoms with Gasteiger partial charge in [-0.3, -0.25) is 4.90 Å². The number of nitrogens with zero attached hydrogens (tertiary/aromatic N) is 2. The van der Waals surface area contributed by atoms with Crippen LogP contribution in [0.4, 0.5) is 20.6 Å². The summed E-state index contributed by atoms with van der Waals surface area (Å²) in [5, 5.41) is 11.4. The van der Waals surface area contributed by atoms with E-state index in [1.165, 1.54) is 48.5 Å². The molecule has 1 aromatic heterocycles. The highest BCUT2D eigenvalue weighted by Crippen LogP contribution is 2.17. The third-order valence-electron chi connectivity index (χ3n) is 2.75. The lowest BCUT2D eigenvalue weighted by molar-refractivity contribution is 0.0691. The summed E-state index contributed by atoms with van der Waals surface area (Å²) in [6.07, 6.45) is 1.31. The van der Waals surface area contributed by atoms with Gasteiger partial charge in [-0.2, -0.15) is 0 Å². The summed E-state index contributed by atoms with van der Waals surface area (Å²) in [5.74, 6) is -1.72. The molecule has 6 nitrogen and oxygen atoms in total. The number of carbonyl (C=O) groups is 2. The summed E-state index contributed by atoms with van der Waals surface area (Å²) in [6.45, 7) is 0. The van der Waals surface area contributed by atoms with Crippen LogP contribution >= 0.6 is 0 Å². The maximum absolute atomic E-state index is 13.1. The van der Waals surface area contributed by atoms with Crippen LogP contribution < -0.4 is 10.2 Å². The first kappa shape index (κ1) is 14.4. The van der Waals surface area contributed by atoms with E-state index in [1.807, 2.05) is 0 Å². The zero-order chi connectivity index (χ0) is 15.4. The highest BCUT2D eigenvalue weighted by Gasteiger charge is 2.16. The molecule has 0 spiro atoms. The minimum atomic E-state index is -1.25. The van der Waals surface area contributed by atoms with Gasteiger partial charge in [0.2, 0.25) is 0 Å². The van der Waals surface area contributed by atoms with Crippen molar-refractivity contribution >= 4 is 23.4 Å². The fraction of sp³-hybridized carbons (Fsp3) is 0.0714. The molecular formula is C14H12FN3O3. The van der Waals surface area contributed by atoms with E-state index in [1.54, 1.807) is 6.07 Å². The van der Waals surface area contributed by atoms with Crippen molar-refractivity contribution in [2.24, 2.45) is 0 Å². The van der Waals surface area contributed by atoms with Crippen molar-refractivity contribution in [2.45, 2.75) is 0 Å². The number of nitrogens with one attached hydrogen (secondary N) is 1. The van der Waals surface area contributed by atoms with Crippen LogP contribution in [-0.2, 0) is 0 Å². The van der Waals surface area contributed by atoms with Crippen molar-refractivity contribution in [3.8, 4) is 0 Å². The number of rotatable bonds is 3. The van der Waals surface area contributed by atoms with Crippen LogP contribution in [0.5, 0.6) is 0 Å². The predicted molar refractivity (Wildman–Crippen MR) is 75.0 cm³/mol. The fourth-order valence-electron chi connectivity index (χ4n) is 1.68. The smallest absolute Gasteiger partial charge is 0.356 e. The molecule has 0 radical (unpaired) electrons. The van der Waals surface area contributed by atoms with E-state index in [9.17, 15) is 14.0 Å². The number of carboxylic acid groups (broad SMARTS) is 1. The van der Waals surface area contributed by atoms with Crippen molar-refractivity contribution in [3.63, 3.8) is 0 Å². The van der Waals surface area contributed by atoms with Crippen LogP contribution in [0.3, 0.4) is 0 Å². The number of pyridine rings is 1. The Kier molecular flexibility index (Phi) is 4.13. The lowest BCUT2D eigenvalue weighted by Gasteiger charge is -2.18. The Hall–Kier alpha value is -2.96. The largest absolute Gasteiger partial charge is 0.476 e. The lowest BCUT2D eigenvalue weighted by atomic mass is 10.3. The number of aromatic nitrogens is 1. The van der Waals surface area contributed by atoms with Gasteiger partial charge in [0.05, 0.1) is 5.69 Å². The van der Waals surface area contributed by atoms with Gasteiger partial charge < -0.3 is 10.4 Å². The van der Waals surface area contributed by atoms with Gasteiger partial charge in [-0.1, -0.05) is 6.07 Å². The van der Waals surface area contributed by atoms with E-state index in [0.29, 0.717) is 5.69 Å². The van der Waals surface area contributed by atoms with Crippen LogP contribution in [-0.4, -0.2) is 29.1 Å². The standard InChI is InChI=1S/C14H12FN3O3/c1-18(10-5-2-4-9(15)8-10)14(21)17-11-6-3-7-16-12(11)13(19)20/h2-8H,1H3,(H,17,21)(H,19,20). The summed E-state index contributed by atoms with van der Waals surface area (Å²) >= 11 is 0. The van der Waals surface area contributed by atoms with Crippen LogP contribution in [0.1, 0.15) is 10.5 Å². The molecule has 0 fully saturated rings. The highest BCUT2D eigenvalue weighted by atomic mass is 19.1. The number of amides is 2. The number of hydrogen-bond acceptors (Lipinski definition) is 3. The van der Waals surface area contributed by atoms with E-state index in [2.05, 4.69) is 10.3 Å². The third-order valence-corrected chi connectivity index (χ3v) is 2.75. The molecule has 108 valence electrons. The molecule has 21 heavy (non-hydrogen) atoms. The minimum Gasteiger partial charge on any atom is -0.476 e. The first-order valence-electron chi connectivity index (χ1n) is 5.97. The monoisotopic (exact) mass is 289 g/mol. The molecule has 1 aromatic carbocycles. The van der Waals surface area contributed by atoms with Gasteiger partial charge in [0.15, 0.2) is 5.69 Å². The molecule has 0 unspecified atom stereocenters. The van der Waals surface area contributed by atoms with Gasteiger partial charge in [0, 0.05) is 18.9 Å². The van der Waals surface area contributed by atoms with E-state index >= 15 is 0 Å². The van der Waals surface area contributed by atoms with Crippen molar-refractivity contribution < 1.29 is 19.1 Å². The molecule has 0 saturated carbocycles. The first-order valence-corrected chi connectivity index (χ1v) is 5.97. The Balaban J connectivity index is 2.20. The van der Waals surface area contributed by atoms with Crippen molar-refractivity contribution in [1.82, 2.24) is 4.98 Å². The van der Waals surface area contributed by atoms with Crippen LogP contribution in [0, 0.1) is 5.82 Å². The number of hydrogen-bond donors (Lipinski definition) is 2. The van der Waals surface area contributed by atoms with Gasteiger partial charge in [-0.25, -0.2) is 19.0 Å². The maximum atomic E-state index is 13.1. The molecule has 1 heterocycles. The minimum absolute atomic E-state index is 0.0678. The van der Waals surface area contributed by atoms with E-state index in [4.69, 9.17) is 5.11 Å². The van der Waals surface area contributed by atoms with Gasteiger partial charge in [0.1, 0.15) is 5.82 Å². The second-order valence-electron chi connectivity index (χ2n) is 4.17. The Morgan fingerprint density at radius 1 is 1.29 bits per heavy atom. The van der Waals surface area contributed by atoms with E-state index < -0.39 is 17.8 Å². The van der Waals surface area contributed by atoms with Crippen molar-refractivity contribution in [1.29, 1.82) is 0 Å². The van der Waals surface area contributed by atoms with Gasteiger partial charge in [0.25, 0.3) is 0 Å². The molecule has 0 aliphatic heterocycles. The van der Waals surface area contributed by atoms with Gasteiger partial charge >= 0.3 is 12.0 Å². The third kappa shape index (κ3) is 3.33. The molecular weight excluding hydrogens is 277 g/mol. The number of carbonyl (C=O) groups excluding carboxylic acids is 1. The number of benzene rings is 1. The average Bonchev–Trinajstić information content (AvgIpc) is 2.46. The Morgan fingerprint density at radius 3 is 2.71 bits per heavy atom. The molecule has 0 atom stereocenters. The normalized spacial score (nSPS) is 10.0. The van der Waals surface area contributed by atoms with Crippen molar-refractivity contribution in [3.05, 3.63) is 54.1 Å². The number of aromatic carboxylic acids is 1. The summed E-state index contributed by atoms with van der Waals surface area (Å²) in [5.41, 5.74) is 0.144. The van der Waals surface area contributed by atoms with E-state index in [0.717, 1.165) is 0 Å². The molecule has 2 amide bonds. The molecule has 0 bridgehead atoms. The fourth-order valence-corrected chi connectivity index (χ4v) is 1.68. The molecule has 0 aliphatic carbocycles. The van der Waals surface area contributed by atoms with Crippen molar-refractivity contribution in [2.75, 3.05) is 17.3 Å². The number of anilines is 2. The Bertz CT molecular complexity index is 691. The topological polar surface area (TPSA) is 82.5 Å². The maximum Gasteiger partial charge on any atom is 0.356 e. The second kappa shape index (κ2) is 6.00. The van der Waals surface area contributed by atoms with Gasteiger partial charge in [-0.05, 0) is 30.3 Å². The zero-order valence-electron chi connectivity index (χ0n) is 11.1. The first-order chi connectivity index (χ1) is 9.99. The Labute approximate surface area is 119 Å². The lowest BCUT2D eigenvalue weighted by Crippen LogP contribution is -2.31. The molecule has 0 aliphatic rings. The SMILES string of the molecule is CN(C(=O)Nc1cccnc1C(=O)O)c1cccc(F)c1. The molecule has 7 heteroatoms. The second-order valence-corrected chi connectivity index (χ2v) is 4.17. The molecule has 2 rings (SSSR count). The molecule has 2 N–H and O–H groups in total. The predicted octanol–water partition coefficient (Wildman–Crippen LogP) is 2.59. The quantitative estimate of drug-likeness (QED) is 0.909. The average molecular weight is 289 g/mol. The summed E-state index contributed by atoms with van der Waals surface area (Å²) in [6, 6.07) is 7.82. The van der Waals surface area contributed by atoms with Crippen LogP contribution in [0.15, 0.2) is 42.6 Å². The molecule has 0 saturated heterocycles. The summed E-state index contributed by atoms with van der Waals surface area (Å²) in [4.78, 5) is 27.9. The van der Waals surface area contributed by atoms with Crippen LogP contribution in [0.25, 0.3) is 0 Å².